The minimum absolute atomic E-state index is 0.142. The van der Waals surface area contributed by atoms with Crippen LogP contribution in [-0.4, -0.2) is 41.8 Å². The highest BCUT2D eigenvalue weighted by Gasteiger charge is 2.29. The van der Waals surface area contributed by atoms with Crippen molar-refractivity contribution >= 4 is 23.6 Å². The van der Waals surface area contributed by atoms with E-state index in [4.69, 9.17) is 5.73 Å². The van der Waals surface area contributed by atoms with E-state index in [-0.39, 0.29) is 17.7 Å². The van der Waals surface area contributed by atoms with Crippen molar-refractivity contribution in [1.82, 2.24) is 16.0 Å². The summed E-state index contributed by atoms with van der Waals surface area (Å²) in [6, 6.07) is -2.28. The van der Waals surface area contributed by atoms with Gasteiger partial charge in [-0.25, -0.2) is 0 Å². The molecule has 0 saturated heterocycles. The maximum atomic E-state index is 12.7. The predicted molar refractivity (Wildman–Crippen MR) is 109 cm³/mol. The smallest absolute Gasteiger partial charge is 0.243 e. The second-order valence-electron chi connectivity index (χ2n) is 8.18. The third kappa shape index (κ3) is 10.9. The second kappa shape index (κ2) is 13.1. The summed E-state index contributed by atoms with van der Waals surface area (Å²) in [5.41, 5.74) is 5.40. The van der Waals surface area contributed by atoms with E-state index in [1.807, 2.05) is 34.6 Å². The average molecular weight is 399 g/mol. The number of nitrogens with two attached hydrogens (primary N) is 1. The topological polar surface area (TPSA) is 130 Å². The van der Waals surface area contributed by atoms with Crippen molar-refractivity contribution < 1.29 is 19.2 Å². The molecule has 0 saturated carbocycles. The van der Waals surface area contributed by atoms with Gasteiger partial charge in [-0.2, -0.15) is 0 Å². The Bertz CT molecular complexity index is 534. The molecular formula is C20H38N4O4. The summed E-state index contributed by atoms with van der Waals surface area (Å²) >= 11 is 0. The van der Waals surface area contributed by atoms with Crippen LogP contribution in [-0.2, 0) is 19.2 Å². The van der Waals surface area contributed by atoms with Crippen LogP contribution in [0, 0.1) is 11.8 Å². The zero-order valence-electron chi connectivity index (χ0n) is 18.1. The Hall–Kier alpha value is -2.12. The molecule has 8 heteroatoms. The third-order valence-electron chi connectivity index (χ3n) is 4.25. The third-order valence-corrected chi connectivity index (χ3v) is 4.25. The summed E-state index contributed by atoms with van der Waals surface area (Å²) in [5.74, 6) is -1.41. The molecule has 0 aromatic rings. The van der Waals surface area contributed by atoms with Gasteiger partial charge in [-0.1, -0.05) is 47.5 Å². The first kappa shape index (κ1) is 25.9. The Morgan fingerprint density at radius 1 is 0.786 bits per heavy atom. The Kier molecular flexibility index (Phi) is 12.1. The molecule has 0 aromatic carbocycles. The molecule has 28 heavy (non-hydrogen) atoms. The first-order valence-electron chi connectivity index (χ1n) is 10.1. The fourth-order valence-corrected chi connectivity index (χ4v) is 2.89. The van der Waals surface area contributed by atoms with E-state index in [0.717, 1.165) is 12.8 Å². The summed E-state index contributed by atoms with van der Waals surface area (Å²) in [6.07, 6.45) is 2.96. The van der Waals surface area contributed by atoms with E-state index in [1.165, 1.54) is 6.92 Å². The van der Waals surface area contributed by atoms with Crippen LogP contribution < -0.4 is 21.7 Å². The molecule has 3 atom stereocenters. The summed E-state index contributed by atoms with van der Waals surface area (Å²) in [5, 5.41) is 8.05. The van der Waals surface area contributed by atoms with Gasteiger partial charge in [0.2, 0.25) is 23.6 Å². The highest BCUT2D eigenvalue weighted by Crippen LogP contribution is 2.10. The zero-order valence-corrected chi connectivity index (χ0v) is 18.1. The lowest BCUT2D eigenvalue weighted by atomic mass is 9.99. The first-order chi connectivity index (χ1) is 13.0. The summed E-state index contributed by atoms with van der Waals surface area (Å²) in [7, 11) is 0. The van der Waals surface area contributed by atoms with Crippen LogP contribution in [0.5, 0.6) is 0 Å². The quantitative estimate of drug-likeness (QED) is 0.372. The van der Waals surface area contributed by atoms with Crippen molar-refractivity contribution in [2.75, 3.05) is 0 Å². The molecular weight excluding hydrogens is 360 g/mol. The van der Waals surface area contributed by atoms with E-state index in [0.29, 0.717) is 19.3 Å². The lowest BCUT2D eigenvalue weighted by molar-refractivity contribution is -0.133. The zero-order chi connectivity index (χ0) is 21.9. The van der Waals surface area contributed by atoms with Crippen LogP contribution in [0.25, 0.3) is 0 Å². The molecule has 0 aliphatic rings. The van der Waals surface area contributed by atoms with Crippen molar-refractivity contribution in [2.24, 2.45) is 17.6 Å². The van der Waals surface area contributed by atoms with Gasteiger partial charge in [0.1, 0.15) is 18.1 Å². The summed E-state index contributed by atoms with van der Waals surface area (Å²) < 4.78 is 0. The largest absolute Gasteiger partial charge is 0.368 e. The second-order valence-corrected chi connectivity index (χ2v) is 8.18. The molecule has 0 bridgehead atoms. The molecule has 0 heterocycles. The number of unbranched alkanes of at least 4 members (excludes halogenated alkanes) is 1. The van der Waals surface area contributed by atoms with Crippen molar-refractivity contribution in [1.29, 1.82) is 0 Å². The van der Waals surface area contributed by atoms with Crippen LogP contribution in [0.4, 0.5) is 0 Å². The molecule has 0 aliphatic carbocycles. The molecule has 0 unspecified atom stereocenters. The number of hydrogen-bond acceptors (Lipinski definition) is 4. The van der Waals surface area contributed by atoms with Crippen molar-refractivity contribution in [2.45, 2.75) is 91.8 Å². The van der Waals surface area contributed by atoms with Gasteiger partial charge in [0.05, 0.1) is 0 Å². The minimum Gasteiger partial charge on any atom is -0.368 e. The Morgan fingerprint density at radius 3 is 1.57 bits per heavy atom. The Labute approximate surface area is 168 Å². The van der Waals surface area contributed by atoms with Gasteiger partial charge in [0.15, 0.2) is 0 Å². The van der Waals surface area contributed by atoms with Gasteiger partial charge >= 0.3 is 0 Å². The fourth-order valence-electron chi connectivity index (χ4n) is 2.89. The van der Waals surface area contributed by atoms with E-state index in [9.17, 15) is 19.2 Å². The molecule has 0 radical (unpaired) electrons. The van der Waals surface area contributed by atoms with Gasteiger partial charge in [-0.15, -0.1) is 0 Å². The van der Waals surface area contributed by atoms with Crippen molar-refractivity contribution in [3.63, 3.8) is 0 Å². The van der Waals surface area contributed by atoms with Crippen LogP contribution in [0.2, 0.25) is 0 Å². The van der Waals surface area contributed by atoms with Crippen LogP contribution in [0.1, 0.15) is 73.6 Å². The maximum Gasteiger partial charge on any atom is 0.243 e. The van der Waals surface area contributed by atoms with Gasteiger partial charge in [0.25, 0.3) is 0 Å². The van der Waals surface area contributed by atoms with Gasteiger partial charge < -0.3 is 21.7 Å². The van der Waals surface area contributed by atoms with E-state index in [2.05, 4.69) is 16.0 Å². The molecule has 0 aromatic heterocycles. The number of rotatable bonds is 13. The van der Waals surface area contributed by atoms with E-state index in [1.54, 1.807) is 0 Å². The highest BCUT2D eigenvalue weighted by atomic mass is 16.2. The molecule has 0 rings (SSSR count). The molecule has 0 fully saturated rings. The van der Waals surface area contributed by atoms with Gasteiger partial charge in [0, 0.05) is 6.92 Å². The predicted octanol–water partition coefficient (Wildman–Crippen LogP) is 1.23. The first-order valence-corrected chi connectivity index (χ1v) is 10.1. The highest BCUT2D eigenvalue weighted by molar-refractivity contribution is 5.93. The van der Waals surface area contributed by atoms with Gasteiger partial charge in [-0.05, 0) is 31.1 Å². The van der Waals surface area contributed by atoms with E-state index < -0.39 is 35.8 Å². The summed E-state index contributed by atoms with van der Waals surface area (Å²) in [4.78, 5) is 48.5. The molecule has 0 aliphatic heterocycles. The number of nitrogens with one attached hydrogen (secondary N) is 3. The average Bonchev–Trinajstić information content (AvgIpc) is 2.55. The molecule has 4 amide bonds. The van der Waals surface area contributed by atoms with Crippen LogP contribution in [0.3, 0.4) is 0 Å². The minimum atomic E-state index is -0.806. The number of carbonyl (C=O) groups is 4. The standard InChI is InChI=1S/C20H38N4O4/c1-7-8-9-15(18(21)26)23-20(28)17(11-13(4)5)24-19(27)16(10-12(2)3)22-14(6)25/h12-13,15-17H,7-11H2,1-6H3,(H2,21,26)(H,22,25)(H,23,28)(H,24,27)/t15-,16-,17-/m0/s1. The molecule has 5 N–H and O–H groups in total. The normalized spacial score (nSPS) is 14.3. The molecule has 8 nitrogen and oxygen atoms in total. The van der Waals surface area contributed by atoms with Crippen LogP contribution in [0.15, 0.2) is 0 Å². The number of primary amides is 1. The monoisotopic (exact) mass is 398 g/mol. The maximum absolute atomic E-state index is 12.7. The lowest BCUT2D eigenvalue weighted by Gasteiger charge is -2.26. The molecule has 0 spiro atoms. The van der Waals surface area contributed by atoms with Crippen molar-refractivity contribution in [3.05, 3.63) is 0 Å². The summed E-state index contributed by atoms with van der Waals surface area (Å²) in [6.45, 7) is 11.1. The van der Waals surface area contributed by atoms with Gasteiger partial charge in [-0.3, -0.25) is 19.2 Å². The molecule has 162 valence electrons. The van der Waals surface area contributed by atoms with E-state index >= 15 is 0 Å². The SMILES string of the molecule is CCCC[C@H](NC(=O)[C@H](CC(C)C)NC(=O)[C@H](CC(C)C)NC(C)=O)C(N)=O. The fraction of sp³-hybridized carbons (Fsp3) is 0.800. The Morgan fingerprint density at radius 2 is 1.21 bits per heavy atom. The number of carbonyl (C=O) groups excluding carboxylic acids is 4. The number of amides is 4. The Balaban J connectivity index is 5.25. The van der Waals surface area contributed by atoms with Crippen LogP contribution >= 0.6 is 0 Å². The lowest BCUT2D eigenvalue weighted by Crippen LogP contribution is -2.56. The van der Waals surface area contributed by atoms with Crippen molar-refractivity contribution in [3.8, 4) is 0 Å². The number of hydrogen-bond donors (Lipinski definition) is 4.